The number of piperidine rings is 1. The number of pyridine rings is 1. The van der Waals surface area contributed by atoms with Crippen molar-refractivity contribution >= 4 is 27.5 Å². The first-order valence-electron chi connectivity index (χ1n) is 6.63. The van der Waals surface area contributed by atoms with Crippen LogP contribution < -0.4 is 0 Å². The standard InChI is InChI=1S/C13H18ClN3O3S/c1-16(2)21(19,20)12-4-3-5-17(9-12)13(18)10-6-11(14)8-15-7-10/h6-8,12H,3-5,9H2,1-2H3/t12-/m0/s1. The highest BCUT2D eigenvalue weighted by atomic mass is 35.5. The highest BCUT2D eigenvalue weighted by Crippen LogP contribution is 2.21. The van der Waals surface area contributed by atoms with Crippen LogP contribution in [0.25, 0.3) is 0 Å². The summed E-state index contributed by atoms with van der Waals surface area (Å²) in [5, 5.41) is -0.173. The quantitative estimate of drug-likeness (QED) is 0.835. The van der Waals surface area contributed by atoms with Crippen molar-refractivity contribution in [3.63, 3.8) is 0 Å². The number of rotatable bonds is 3. The first-order chi connectivity index (χ1) is 9.82. The summed E-state index contributed by atoms with van der Waals surface area (Å²) in [5.41, 5.74) is 0.380. The molecule has 1 saturated heterocycles. The topological polar surface area (TPSA) is 70.6 Å². The average Bonchev–Trinajstić information content (AvgIpc) is 2.46. The van der Waals surface area contributed by atoms with Gasteiger partial charge in [-0.05, 0) is 18.9 Å². The molecule has 0 aliphatic carbocycles. The van der Waals surface area contributed by atoms with Crippen molar-refractivity contribution < 1.29 is 13.2 Å². The molecule has 1 aromatic heterocycles. The van der Waals surface area contributed by atoms with E-state index < -0.39 is 15.3 Å². The Kier molecular flexibility index (Phi) is 4.85. The molecule has 1 fully saturated rings. The Bertz CT molecular complexity index is 633. The Morgan fingerprint density at radius 1 is 1.43 bits per heavy atom. The maximum absolute atomic E-state index is 12.4. The molecule has 0 radical (unpaired) electrons. The van der Waals surface area contributed by atoms with Gasteiger partial charge in [0, 0.05) is 39.6 Å². The summed E-state index contributed by atoms with van der Waals surface area (Å²) in [7, 11) is -0.337. The van der Waals surface area contributed by atoms with Crippen LogP contribution in [-0.2, 0) is 10.0 Å². The Hall–Kier alpha value is -1.18. The average molecular weight is 332 g/mol. The molecule has 1 aromatic rings. The Morgan fingerprint density at radius 2 is 2.14 bits per heavy atom. The number of likely N-dealkylation sites (tertiary alicyclic amines) is 1. The number of nitrogens with zero attached hydrogens (tertiary/aromatic N) is 3. The van der Waals surface area contributed by atoms with Gasteiger partial charge in [-0.15, -0.1) is 0 Å². The van der Waals surface area contributed by atoms with E-state index in [9.17, 15) is 13.2 Å². The lowest BCUT2D eigenvalue weighted by Crippen LogP contribution is -2.48. The van der Waals surface area contributed by atoms with Gasteiger partial charge >= 0.3 is 0 Å². The number of amides is 1. The van der Waals surface area contributed by atoms with Crippen LogP contribution in [0.3, 0.4) is 0 Å². The Labute approximate surface area is 129 Å². The van der Waals surface area contributed by atoms with Crippen LogP contribution in [0.4, 0.5) is 0 Å². The molecule has 0 unspecified atom stereocenters. The number of carbonyl (C=O) groups excluding carboxylic acids is 1. The highest BCUT2D eigenvalue weighted by Gasteiger charge is 2.34. The molecule has 0 bridgehead atoms. The fraction of sp³-hybridized carbons (Fsp3) is 0.538. The molecule has 0 spiro atoms. The second kappa shape index (κ2) is 6.29. The van der Waals surface area contributed by atoms with Crippen LogP contribution in [0.1, 0.15) is 23.2 Å². The summed E-state index contributed by atoms with van der Waals surface area (Å²) in [4.78, 5) is 17.9. The minimum Gasteiger partial charge on any atom is -0.337 e. The summed E-state index contributed by atoms with van der Waals surface area (Å²) < 4.78 is 25.6. The summed E-state index contributed by atoms with van der Waals surface area (Å²) in [6, 6.07) is 1.54. The van der Waals surface area contributed by atoms with Crippen LogP contribution in [0.15, 0.2) is 18.5 Å². The van der Waals surface area contributed by atoms with Gasteiger partial charge in [0.05, 0.1) is 15.8 Å². The van der Waals surface area contributed by atoms with Gasteiger partial charge in [-0.1, -0.05) is 11.6 Å². The molecule has 2 heterocycles. The van der Waals surface area contributed by atoms with E-state index in [-0.39, 0.29) is 12.5 Å². The molecule has 1 amide bonds. The fourth-order valence-electron chi connectivity index (χ4n) is 2.38. The van der Waals surface area contributed by atoms with Gasteiger partial charge in [-0.25, -0.2) is 12.7 Å². The maximum Gasteiger partial charge on any atom is 0.255 e. The number of aromatic nitrogens is 1. The molecule has 6 nitrogen and oxygen atoms in total. The second-order valence-corrected chi connectivity index (χ2v) is 8.10. The third-order valence-corrected chi connectivity index (χ3v) is 6.00. The largest absolute Gasteiger partial charge is 0.337 e. The minimum absolute atomic E-state index is 0.200. The summed E-state index contributed by atoms with van der Waals surface area (Å²) >= 11 is 5.83. The molecule has 1 aliphatic heterocycles. The van der Waals surface area contributed by atoms with Crippen molar-refractivity contribution in [2.24, 2.45) is 0 Å². The summed E-state index contributed by atoms with van der Waals surface area (Å²) in [6.07, 6.45) is 4.13. The van der Waals surface area contributed by atoms with Crippen molar-refractivity contribution in [1.82, 2.24) is 14.2 Å². The molecule has 2 rings (SSSR count). The second-order valence-electron chi connectivity index (χ2n) is 5.23. The molecule has 0 saturated carbocycles. The van der Waals surface area contributed by atoms with Gasteiger partial charge in [0.2, 0.25) is 10.0 Å². The number of halogens is 1. The summed E-state index contributed by atoms with van der Waals surface area (Å²) in [5.74, 6) is -0.233. The summed E-state index contributed by atoms with van der Waals surface area (Å²) in [6.45, 7) is 0.747. The smallest absolute Gasteiger partial charge is 0.255 e. The third kappa shape index (κ3) is 3.53. The van der Waals surface area contributed by atoms with Crippen LogP contribution in [0.2, 0.25) is 5.02 Å². The SMILES string of the molecule is CN(C)S(=O)(=O)[C@H]1CCCN(C(=O)c2cncc(Cl)c2)C1. The first-order valence-corrected chi connectivity index (χ1v) is 8.51. The van der Waals surface area contributed by atoms with Crippen LogP contribution >= 0.6 is 11.6 Å². The normalized spacial score (nSPS) is 19.8. The molecule has 116 valence electrons. The van der Waals surface area contributed by atoms with Gasteiger partial charge in [-0.2, -0.15) is 0 Å². The third-order valence-electron chi connectivity index (χ3n) is 3.55. The van der Waals surface area contributed by atoms with E-state index in [1.165, 1.54) is 30.8 Å². The number of hydrogen-bond acceptors (Lipinski definition) is 4. The monoisotopic (exact) mass is 331 g/mol. The first kappa shape index (κ1) is 16.2. The van der Waals surface area contributed by atoms with Crippen LogP contribution in [-0.4, -0.2) is 60.9 Å². The lowest BCUT2D eigenvalue weighted by Gasteiger charge is -2.33. The molecular formula is C13H18ClN3O3S. The van der Waals surface area contributed by atoms with Gasteiger partial charge < -0.3 is 4.90 Å². The zero-order valence-electron chi connectivity index (χ0n) is 12.0. The van der Waals surface area contributed by atoms with Crippen molar-refractivity contribution in [1.29, 1.82) is 0 Å². The molecule has 8 heteroatoms. The molecule has 1 atom stereocenters. The highest BCUT2D eigenvalue weighted by molar-refractivity contribution is 7.89. The predicted octanol–water partition coefficient (Wildman–Crippen LogP) is 1.23. The predicted molar refractivity (Wildman–Crippen MR) is 80.8 cm³/mol. The van der Waals surface area contributed by atoms with Gasteiger partial charge in [-0.3, -0.25) is 9.78 Å². The maximum atomic E-state index is 12.4. The molecule has 1 aliphatic rings. The van der Waals surface area contributed by atoms with Gasteiger partial charge in [0.15, 0.2) is 0 Å². The van der Waals surface area contributed by atoms with Gasteiger partial charge in [0.25, 0.3) is 5.91 Å². The van der Waals surface area contributed by atoms with E-state index in [1.807, 2.05) is 0 Å². The zero-order valence-corrected chi connectivity index (χ0v) is 13.6. The fourth-order valence-corrected chi connectivity index (χ4v) is 3.98. The number of carbonyl (C=O) groups is 1. The lowest BCUT2D eigenvalue weighted by atomic mass is 10.1. The van der Waals surface area contributed by atoms with Crippen molar-refractivity contribution in [3.05, 3.63) is 29.0 Å². The van der Waals surface area contributed by atoms with E-state index in [0.29, 0.717) is 30.0 Å². The number of hydrogen-bond donors (Lipinski definition) is 0. The minimum atomic E-state index is -3.36. The van der Waals surface area contributed by atoms with Crippen molar-refractivity contribution in [2.75, 3.05) is 27.2 Å². The van der Waals surface area contributed by atoms with Gasteiger partial charge in [0.1, 0.15) is 0 Å². The molecular weight excluding hydrogens is 314 g/mol. The van der Waals surface area contributed by atoms with Crippen LogP contribution in [0, 0.1) is 0 Å². The molecule has 0 N–H and O–H groups in total. The Morgan fingerprint density at radius 3 is 2.76 bits per heavy atom. The van der Waals surface area contributed by atoms with Crippen molar-refractivity contribution in [3.8, 4) is 0 Å². The number of sulfonamides is 1. The van der Waals surface area contributed by atoms with E-state index >= 15 is 0 Å². The van der Waals surface area contributed by atoms with E-state index in [0.717, 1.165) is 0 Å². The Balaban J connectivity index is 2.16. The van der Waals surface area contributed by atoms with E-state index in [1.54, 1.807) is 11.0 Å². The molecule has 0 aromatic carbocycles. The van der Waals surface area contributed by atoms with E-state index in [2.05, 4.69) is 4.98 Å². The lowest BCUT2D eigenvalue weighted by molar-refractivity contribution is 0.0725. The van der Waals surface area contributed by atoms with E-state index in [4.69, 9.17) is 11.6 Å². The molecule has 21 heavy (non-hydrogen) atoms. The van der Waals surface area contributed by atoms with Crippen LogP contribution in [0.5, 0.6) is 0 Å². The zero-order chi connectivity index (χ0) is 15.6. The van der Waals surface area contributed by atoms with Crippen molar-refractivity contribution in [2.45, 2.75) is 18.1 Å².